The monoisotopic (exact) mass is 667 g/mol. The molecular formula is C47H29N3S. The molecule has 0 bridgehead atoms. The molecule has 0 aliphatic heterocycles. The van der Waals surface area contributed by atoms with Crippen molar-refractivity contribution in [2.45, 2.75) is 0 Å². The van der Waals surface area contributed by atoms with Crippen molar-refractivity contribution in [1.29, 1.82) is 0 Å². The highest BCUT2D eigenvalue weighted by atomic mass is 32.1. The number of thiophene rings is 1. The third kappa shape index (κ3) is 4.27. The number of pyridine rings is 1. The molecule has 0 saturated carbocycles. The molecular weight excluding hydrogens is 639 g/mol. The highest BCUT2D eigenvalue weighted by Crippen LogP contribution is 2.41. The lowest BCUT2D eigenvalue weighted by molar-refractivity contribution is 1.16. The highest BCUT2D eigenvalue weighted by Gasteiger charge is 2.18. The van der Waals surface area contributed by atoms with Crippen LogP contribution in [0.4, 0.5) is 0 Å². The molecule has 0 saturated heterocycles. The Morgan fingerprint density at radius 2 is 1.00 bits per heavy atom. The third-order valence-electron chi connectivity index (χ3n) is 10.4. The summed E-state index contributed by atoms with van der Waals surface area (Å²) in [6, 6.07) is 61.7. The molecule has 3 nitrogen and oxygen atoms in total. The Morgan fingerprint density at radius 3 is 1.84 bits per heavy atom. The molecule has 0 radical (unpaired) electrons. The normalized spacial score (nSPS) is 11.9. The van der Waals surface area contributed by atoms with Gasteiger partial charge in [-0.25, -0.2) is 0 Å². The maximum atomic E-state index is 4.94. The van der Waals surface area contributed by atoms with Crippen LogP contribution in [0.5, 0.6) is 0 Å². The second-order valence-corrected chi connectivity index (χ2v) is 14.2. The van der Waals surface area contributed by atoms with E-state index in [0.29, 0.717) is 0 Å². The number of benzene rings is 7. The summed E-state index contributed by atoms with van der Waals surface area (Å²) in [6.07, 6.45) is 1.90. The molecule has 0 aliphatic carbocycles. The van der Waals surface area contributed by atoms with Crippen molar-refractivity contribution in [2.75, 3.05) is 0 Å². The SMILES string of the molecule is c1cc(-c2cccc(-n3c4ccc(-n5c6ccccc6c6ccccc65)cc4c4ncccc43)c2)cc(-c2cccc3c2sc2ccccc23)c1. The maximum Gasteiger partial charge on any atom is 0.0964 e. The number of rotatable bonds is 4. The van der Waals surface area contributed by atoms with E-state index < -0.39 is 0 Å². The van der Waals surface area contributed by atoms with Crippen LogP contribution in [0.3, 0.4) is 0 Å². The van der Waals surface area contributed by atoms with Gasteiger partial charge in [-0.3, -0.25) is 4.98 Å². The van der Waals surface area contributed by atoms with Gasteiger partial charge in [0.1, 0.15) is 0 Å². The zero-order valence-corrected chi connectivity index (χ0v) is 28.3. The summed E-state index contributed by atoms with van der Waals surface area (Å²) < 4.78 is 7.40. The van der Waals surface area contributed by atoms with Crippen molar-refractivity contribution in [3.63, 3.8) is 0 Å². The van der Waals surface area contributed by atoms with Crippen LogP contribution in [0.1, 0.15) is 0 Å². The Labute approximate surface area is 297 Å². The van der Waals surface area contributed by atoms with Crippen molar-refractivity contribution >= 4 is 75.3 Å². The summed E-state index contributed by atoms with van der Waals surface area (Å²) in [5.41, 5.74) is 12.8. The van der Waals surface area contributed by atoms with E-state index in [-0.39, 0.29) is 0 Å². The second kappa shape index (κ2) is 11.0. The van der Waals surface area contributed by atoms with Gasteiger partial charge in [-0.1, -0.05) is 103 Å². The van der Waals surface area contributed by atoms with Crippen LogP contribution in [-0.2, 0) is 0 Å². The first kappa shape index (κ1) is 28.4. The zero-order valence-electron chi connectivity index (χ0n) is 27.5. The van der Waals surface area contributed by atoms with Crippen LogP contribution < -0.4 is 0 Å². The average Bonchev–Trinajstić information content (AvgIpc) is 3.86. The number of nitrogens with zero attached hydrogens (tertiary/aromatic N) is 3. The van der Waals surface area contributed by atoms with E-state index in [0.717, 1.165) is 33.3 Å². The van der Waals surface area contributed by atoms with Gasteiger partial charge in [-0.2, -0.15) is 0 Å². The Hall–Kier alpha value is -6.49. The van der Waals surface area contributed by atoms with Crippen LogP contribution in [0.2, 0.25) is 0 Å². The molecule has 0 aliphatic rings. The molecule has 4 heteroatoms. The topological polar surface area (TPSA) is 22.8 Å². The van der Waals surface area contributed by atoms with Crippen LogP contribution in [0.15, 0.2) is 176 Å². The van der Waals surface area contributed by atoms with Gasteiger partial charge in [-0.15, -0.1) is 11.3 Å². The van der Waals surface area contributed by atoms with Gasteiger partial charge < -0.3 is 9.13 Å². The minimum absolute atomic E-state index is 0.999. The lowest BCUT2D eigenvalue weighted by Gasteiger charge is -2.12. The lowest BCUT2D eigenvalue weighted by atomic mass is 9.97. The Morgan fingerprint density at radius 1 is 0.392 bits per heavy atom. The summed E-state index contributed by atoms with van der Waals surface area (Å²) in [5, 5.41) is 6.30. The van der Waals surface area contributed by atoms with Crippen molar-refractivity contribution in [1.82, 2.24) is 14.1 Å². The van der Waals surface area contributed by atoms with E-state index >= 15 is 0 Å². The molecule has 238 valence electrons. The molecule has 0 unspecified atom stereocenters. The van der Waals surface area contributed by atoms with E-state index in [1.54, 1.807) is 0 Å². The van der Waals surface area contributed by atoms with Crippen molar-refractivity contribution in [3.8, 4) is 33.6 Å². The molecule has 0 spiro atoms. The Bertz CT molecular complexity index is 3100. The predicted octanol–water partition coefficient (Wildman–Crippen LogP) is 13.0. The van der Waals surface area contributed by atoms with E-state index in [1.165, 1.54) is 64.2 Å². The van der Waals surface area contributed by atoms with Crippen LogP contribution in [0.25, 0.3) is 97.5 Å². The van der Waals surface area contributed by atoms with E-state index in [1.807, 2.05) is 23.6 Å². The quantitative estimate of drug-likeness (QED) is 0.183. The largest absolute Gasteiger partial charge is 0.309 e. The van der Waals surface area contributed by atoms with Gasteiger partial charge in [0.05, 0.1) is 27.6 Å². The Balaban J connectivity index is 1.06. The minimum Gasteiger partial charge on any atom is -0.309 e. The van der Waals surface area contributed by atoms with E-state index in [9.17, 15) is 0 Å². The van der Waals surface area contributed by atoms with Crippen molar-refractivity contribution in [3.05, 3.63) is 176 Å². The molecule has 0 atom stereocenters. The fourth-order valence-corrected chi connectivity index (χ4v) is 9.34. The fraction of sp³-hybridized carbons (Fsp3) is 0. The van der Waals surface area contributed by atoms with Crippen molar-refractivity contribution < 1.29 is 0 Å². The predicted molar refractivity (Wildman–Crippen MR) is 217 cm³/mol. The van der Waals surface area contributed by atoms with Crippen LogP contribution in [-0.4, -0.2) is 14.1 Å². The molecule has 11 rings (SSSR count). The van der Waals surface area contributed by atoms with Gasteiger partial charge in [0, 0.05) is 53.9 Å². The molecule has 11 aromatic rings. The number of para-hydroxylation sites is 2. The summed E-state index contributed by atoms with van der Waals surface area (Å²) in [5.74, 6) is 0. The maximum absolute atomic E-state index is 4.94. The van der Waals surface area contributed by atoms with Gasteiger partial charge in [-0.05, 0) is 89.0 Å². The first-order chi connectivity index (χ1) is 25.3. The summed E-state index contributed by atoms with van der Waals surface area (Å²) in [7, 11) is 0. The van der Waals surface area contributed by atoms with Gasteiger partial charge in [0.15, 0.2) is 0 Å². The lowest BCUT2D eigenvalue weighted by Crippen LogP contribution is -1.96. The van der Waals surface area contributed by atoms with Gasteiger partial charge in [0.25, 0.3) is 0 Å². The smallest absolute Gasteiger partial charge is 0.0964 e. The number of fused-ring (bicyclic) bond motifs is 9. The molecule has 0 amide bonds. The van der Waals surface area contributed by atoms with Crippen molar-refractivity contribution in [2.24, 2.45) is 0 Å². The number of aromatic nitrogens is 3. The zero-order chi connectivity index (χ0) is 33.5. The molecule has 51 heavy (non-hydrogen) atoms. The van der Waals surface area contributed by atoms with E-state index in [2.05, 4.69) is 173 Å². The number of hydrogen-bond acceptors (Lipinski definition) is 2. The standard InChI is InChI=1S/C47H29N3S/c1-4-20-41-36(15-1)37-16-2-5-21-42(37)49(41)34-24-25-43-40(29-34)46-44(22-10-26-48-46)50(43)33-14-8-12-31(28-33)30-11-7-13-32(27-30)35-18-9-19-39-38-17-3-6-23-45(38)51-47(35)39/h1-29H. The first-order valence-corrected chi connectivity index (χ1v) is 18.1. The average molecular weight is 668 g/mol. The van der Waals surface area contributed by atoms with Crippen LogP contribution in [0, 0.1) is 0 Å². The number of hydrogen-bond donors (Lipinski definition) is 0. The second-order valence-electron chi connectivity index (χ2n) is 13.2. The minimum atomic E-state index is 0.999. The van der Waals surface area contributed by atoms with Crippen LogP contribution >= 0.6 is 11.3 Å². The molecule has 0 fully saturated rings. The molecule has 4 aromatic heterocycles. The molecule has 4 heterocycles. The summed E-state index contributed by atoms with van der Waals surface area (Å²) in [4.78, 5) is 4.94. The third-order valence-corrected chi connectivity index (χ3v) is 11.6. The first-order valence-electron chi connectivity index (χ1n) is 17.3. The van der Waals surface area contributed by atoms with Gasteiger partial charge in [0.2, 0.25) is 0 Å². The summed E-state index contributed by atoms with van der Waals surface area (Å²) >= 11 is 1.88. The Kier molecular flexibility index (Phi) is 6.12. The fourth-order valence-electron chi connectivity index (χ4n) is 8.11. The summed E-state index contributed by atoms with van der Waals surface area (Å²) in [6.45, 7) is 0. The van der Waals surface area contributed by atoms with E-state index in [4.69, 9.17) is 4.98 Å². The highest BCUT2D eigenvalue weighted by molar-refractivity contribution is 7.26. The molecule has 0 N–H and O–H groups in total. The van der Waals surface area contributed by atoms with Gasteiger partial charge >= 0.3 is 0 Å². The molecule has 7 aromatic carbocycles.